The minimum atomic E-state index is 0.580. The van der Waals surface area contributed by atoms with Crippen LogP contribution >= 0.6 is 11.6 Å². The van der Waals surface area contributed by atoms with E-state index in [1.54, 1.807) is 6.20 Å². The van der Waals surface area contributed by atoms with Crippen LogP contribution < -0.4 is 0 Å². The van der Waals surface area contributed by atoms with Gasteiger partial charge in [-0.05, 0) is 54.6 Å². The second kappa shape index (κ2) is 8.02. The summed E-state index contributed by atoms with van der Waals surface area (Å²) in [6.45, 7) is 3.06. The van der Waals surface area contributed by atoms with Crippen LogP contribution in [0.2, 0.25) is 5.02 Å². The summed E-state index contributed by atoms with van der Waals surface area (Å²) in [5, 5.41) is 8.31. The Bertz CT molecular complexity index is 838. The number of likely N-dealkylation sites (tertiary alicyclic amines) is 1. The van der Waals surface area contributed by atoms with Gasteiger partial charge in [0.25, 0.3) is 0 Å². The van der Waals surface area contributed by atoms with Gasteiger partial charge >= 0.3 is 0 Å². The quantitative estimate of drug-likeness (QED) is 0.726. The number of piperidine rings is 1. The van der Waals surface area contributed by atoms with Gasteiger partial charge in [-0.2, -0.15) is 5.10 Å². The molecular weight excluding hydrogens is 344 g/mol. The lowest BCUT2D eigenvalue weighted by molar-refractivity contribution is 0.204. The molecule has 26 heavy (non-hydrogen) atoms. The van der Waals surface area contributed by atoms with E-state index in [2.05, 4.69) is 50.4 Å². The Kier molecular flexibility index (Phi) is 5.32. The molecule has 0 radical (unpaired) electrons. The zero-order valence-electron chi connectivity index (χ0n) is 14.7. The molecule has 1 fully saturated rings. The first-order chi connectivity index (χ1) is 12.8. The molecule has 1 N–H and O–H groups in total. The van der Waals surface area contributed by atoms with Crippen LogP contribution in [0.15, 0.2) is 55.0 Å². The van der Waals surface area contributed by atoms with Gasteiger partial charge in [-0.25, -0.2) is 0 Å². The number of pyridine rings is 1. The summed E-state index contributed by atoms with van der Waals surface area (Å²) in [4.78, 5) is 6.55. The number of hydrogen-bond donors (Lipinski definition) is 1. The summed E-state index contributed by atoms with van der Waals surface area (Å²) in [5.41, 5.74) is 5.12. The summed E-state index contributed by atoms with van der Waals surface area (Å²) in [6, 6.07) is 12.6. The fourth-order valence-corrected chi connectivity index (χ4v) is 3.97. The molecule has 3 heterocycles. The van der Waals surface area contributed by atoms with E-state index in [-0.39, 0.29) is 0 Å². The number of hydrogen-bond acceptors (Lipinski definition) is 3. The van der Waals surface area contributed by atoms with E-state index in [0.717, 1.165) is 49.5 Å². The normalized spacial score (nSPS) is 16.0. The average Bonchev–Trinajstić information content (AvgIpc) is 3.13. The maximum atomic E-state index is 6.25. The zero-order chi connectivity index (χ0) is 17.8. The van der Waals surface area contributed by atoms with Crippen LogP contribution in [0.1, 0.15) is 41.1 Å². The van der Waals surface area contributed by atoms with E-state index in [9.17, 15) is 0 Å². The molecule has 3 aromatic rings. The minimum absolute atomic E-state index is 0.580. The van der Waals surface area contributed by atoms with Crippen LogP contribution in [-0.4, -0.2) is 33.2 Å². The average molecular weight is 367 g/mol. The third-order valence-electron chi connectivity index (χ3n) is 5.25. The Balaban J connectivity index is 1.38. The Morgan fingerprint density at radius 2 is 1.88 bits per heavy atom. The van der Waals surface area contributed by atoms with Gasteiger partial charge in [-0.1, -0.05) is 41.9 Å². The molecule has 0 spiro atoms. The predicted molar refractivity (Wildman–Crippen MR) is 104 cm³/mol. The van der Waals surface area contributed by atoms with E-state index < -0.39 is 0 Å². The monoisotopic (exact) mass is 366 g/mol. The van der Waals surface area contributed by atoms with Gasteiger partial charge in [0, 0.05) is 31.1 Å². The highest BCUT2D eigenvalue weighted by atomic mass is 35.5. The number of nitrogens with one attached hydrogen (secondary N) is 1. The Morgan fingerprint density at radius 1 is 1.08 bits per heavy atom. The molecule has 1 aromatic carbocycles. The van der Waals surface area contributed by atoms with Crippen molar-refractivity contribution in [2.45, 2.75) is 31.7 Å². The molecule has 4 nitrogen and oxygen atoms in total. The molecule has 1 saturated heterocycles. The van der Waals surface area contributed by atoms with Gasteiger partial charge in [0.2, 0.25) is 0 Å². The van der Waals surface area contributed by atoms with E-state index >= 15 is 0 Å². The molecule has 0 bridgehead atoms. The molecule has 2 aromatic heterocycles. The maximum Gasteiger partial charge on any atom is 0.0634 e. The minimum Gasteiger partial charge on any atom is -0.299 e. The second-order valence-electron chi connectivity index (χ2n) is 6.98. The third kappa shape index (κ3) is 3.97. The molecule has 0 saturated carbocycles. The highest BCUT2D eigenvalue weighted by Crippen LogP contribution is 2.31. The number of nitrogens with zero attached hydrogens (tertiary/aromatic N) is 3. The lowest BCUT2D eigenvalue weighted by atomic mass is 9.88. The Hall–Kier alpha value is -2.17. The van der Waals surface area contributed by atoms with Gasteiger partial charge in [-0.15, -0.1) is 0 Å². The molecule has 0 unspecified atom stereocenters. The first-order valence-electron chi connectivity index (χ1n) is 9.16. The summed E-state index contributed by atoms with van der Waals surface area (Å²) < 4.78 is 0. The van der Waals surface area contributed by atoms with Gasteiger partial charge in [0.15, 0.2) is 0 Å². The number of aromatic nitrogens is 3. The van der Waals surface area contributed by atoms with Crippen LogP contribution in [-0.2, 0) is 13.0 Å². The summed E-state index contributed by atoms with van der Waals surface area (Å²) >= 11 is 6.25. The van der Waals surface area contributed by atoms with Crippen molar-refractivity contribution < 1.29 is 0 Å². The van der Waals surface area contributed by atoms with Gasteiger partial charge in [0.1, 0.15) is 0 Å². The predicted octanol–water partition coefficient (Wildman–Crippen LogP) is 4.43. The van der Waals surface area contributed by atoms with Gasteiger partial charge < -0.3 is 0 Å². The molecule has 5 heteroatoms. The lowest BCUT2D eigenvalue weighted by Crippen LogP contribution is -2.32. The van der Waals surface area contributed by atoms with Crippen molar-refractivity contribution in [3.05, 3.63) is 82.4 Å². The zero-order valence-corrected chi connectivity index (χ0v) is 15.5. The second-order valence-corrected chi connectivity index (χ2v) is 7.39. The van der Waals surface area contributed by atoms with Crippen LogP contribution in [0.3, 0.4) is 0 Å². The first-order valence-corrected chi connectivity index (χ1v) is 9.54. The molecule has 134 valence electrons. The van der Waals surface area contributed by atoms with E-state index in [1.165, 1.54) is 16.8 Å². The van der Waals surface area contributed by atoms with Crippen LogP contribution in [0.5, 0.6) is 0 Å². The molecule has 0 atom stereocenters. The number of benzene rings is 1. The Morgan fingerprint density at radius 3 is 2.65 bits per heavy atom. The maximum absolute atomic E-state index is 6.25. The lowest BCUT2D eigenvalue weighted by Gasteiger charge is -2.32. The largest absolute Gasteiger partial charge is 0.299 e. The van der Waals surface area contributed by atoms with Crippen molar-refractivity contribution in [1.29, 1.82) is 0 Å². The summed E-state index contributed by atoms with van der Waals surface area (Å²) in [6.07, 6.45) is 8.80. The van der Waals surface area contributed by atoms with Crippen LogP contribution in [0.4, 0.5) is 0 Å². The van der Waals surface area contributed by atoms with Crippen molar-refractivity contribution >= 4 is 11.6 Å². The Labute approximate surface area is 159 Å². The van der Waals surface area contributed by atoms with Gasteiger partial charge in [0.05, 0.1) is 11.2 Å². The SMILES string of the molecule is Clc1cnccc1CN1CCC(c2cn[nH]c2Cc2ccccc2)CC1. The first kappa shape index (κ1) is 17.3. The molecule has 0 aliphatic carbocycles. The highest BCUT2D eigenvalue weighted by molar-refractivity contribution is 6.31. The molecule has 1 aliphatic rings. The van der Waals surface area contributed by atoms with E-state index in [0.29, 0.717) is 5.92 Å². The standard InChI is InChI=1S/C21H23ClN4/c22-20-14-23-9-6-18(20)15-26-10-7-17(8-11-26)19-13-24-25-21(19)12-16-4-2-1-3-5-16/h1-6,9,13-14,17H,7-8,10-12,15H2,(H,24,25). The number of aromatic amines is 1. The van der Waals surface area contributed by atoms with Crippen molar-refractivity contribution in [3.63, 3.8) is 0 Å². The van der Waals surface area contributed by atoms with Crippen molar-refractivity contribution in [3.8, 4) is 0 Å². The fraction of sp³-hybridized carbons (Fsp3) is 0.333. The fourth-order valence-electron chi connectivity index (χ4n) is 3.79. The third-order valence-corrected chi connectivity index (χ3v) is 5.59. The van der Waals surface area contributed by atoms with Crippen LogP contribution in [0, 0.1) is 0 Å². The summed E-state index contributed by atoms with van der Waals surface area (Å²) in [7, 11) is 0. The topological polar surface area (TPSA) is 44.8 Å². The number of H-pyrrole nitrogens is 1. The van der Waals surface area contributed by atoms with Gasteiger partial charge in [-0.3, -0.25) is 15.0 Å². The van der Waals surface area contributed by atoms with Crippen molar-refractivity contribution in [1.82, 2.24) is 20.1 Å². The molecule has 4 rings (SSSR count). The molecule has 1 aliphatic heterocycles. The van der Waals surface area contributed by atoms with Crippen molar-refractivity contribution in [2.24, 2.45) is 0 Å². The van der Waals surface area contributed by atoms with E-state index in [1.807, 2.05) is 18.5 Å². The molecular formula is C21H23ClN4. The van der Waals surface area contributed by atoms with Crippen molar-refractivity contribution in [2.75, 3.05) is 13.1 Å². The molecule has 0 amide bonds. The number of halogens is 1. The smallest absolute Gasteiger partial charge is 0.0634 e. The summed E-state index contributed by atoms with van der Waals surface area (Å²) in [5.74, 6) is 0.580. The number of rotatable bonds is 5. The highest BCUT2D eigenvalue weighted by Gasteiger charge is 2.24. The van der Waals surface area contributed by atoms with E-state index in [4.69, 9.17) is 11.6 Å². The van der Waals surface area contributed by atoms with Crippen LogP contribution in [0.25, 0.3) is 0 Å².